The summed E-state index contributed by atoms with van der Waals surface area (Å²) in [6.45, 7) is 6.86. The first-order valence-electron chi connectivity index (χ1n) is 8.98. The molecule has 1 aliphatic heterocycles. The SMILES string of the molecule is COc1ccc(N2CCN(C(=O)[C@@H](C)Oc3cccc(C)c3)CC2)cc1. The van der Waals surface area contributed by atoms with Gasteiger partial charge in [-0.2, -0.15) is 0 Å². The van der Waals surface area contributed by atoms with Gasteiger partial charge in [-0.1, -0.05) is 12.1 Å². The number of ether oxygens (including phenoxy) is 2. The minimum Gasteiger partial charge on any atom is -0.497 e. The van der Waals surface area contributed by atoms with E-state index in [4.69, 9.17) is 9.47 Å². The number of anilines is 1. The number of hydrogen-bond donors (Lipinski definition) is 0. The first-order chi connectivity index (χ1) is 12.6. The van der Waals surface area contributed by atoms with Crippen molar-refractivity contribution in [2.75, 3.05) is 38.2 Å². The molecule has 0 N–H and O–H groups in total. The molecule has 1 heterocycles. The predicted molar refractivity (Wildman–Crippen MR) is 103 cm³/mol. The zero-order valence-electron chi connectivity index (χ0n) is 15.6. The van der Waals surface area contributed by atoms with Crippen molar-refractivity contribution >= 4 is 11.6 Å². The van der Waals surface area contributed by atoms with E-state index in [0.717, 1.165) is 35.8 Å². The van der Waals surface area contributed by atoms with Gasteiger partial charge in [0.1, 0.15) is 11.5 Å². The summed E-state index contributed by atoms with van der Waals surface area (Å²) in [5, 5.41) is 0. The quantitative estimate of drug-likeness (QED) is 0.827. The Labute approximate surface area is 155 Å². The van der Waals surface area contributed by atoms with Crippen molar-refractivity contribution in [1.29, 1.82) is 0 Å². The van der Waals surface area contributed by atoms with Crippen molar-refractivity contribution in [3.63, 3.8) is 0 Å². The maximum absolute atomic E-state index is 12.7. The second-order valence-corrected chi connectivity index (χ2v) is 6.59. The van der Waals surface area contributed by atoms with Crippen molar-refractivity contribution in [2.45, 2.75) is 20.0 Å². The second kappa shape index (κ2) is 8.13. The van der Waals surface area contributed by atoms with Gasteiger partial charge in [0.25, 0.3) is 5.91 Å². The second-order valence-electron chi connectivity index (χ2n) is 6.59. The fraction of sp³-hybridized carbons (Fsp3) is 0.381. The van der Waals surface area contributed by atoms with Gasteiger partial charge >= 0.3 is 0 Å². The predicted octanol–water partition coefficient (Wildman–Crippen LogP) is 3.12. The van der Waals surface area contributed by atoms with Crippen LogP contribution in [0.2, 0.25) is 0 Å². The van der Waals surface area contributed by atoms with E-state index in [0.29, 0.717) is 13.1 Å². The maximum Gasteiger partial charge on any atom is 0.263 e. The van der Waals surface area contributed by atoms with Gasteiger partial charge in [0, 0.05) is 31.9 Å². The average Bonchev–Trinajstić information content (AvgIpc) is 2.67. The smallest absolute Gasteiger partial charge is 0.263 e. The fourth-order valence-electron chi connectivity index (χ4n) is 3.18. The van der Waals surface area contributed by atoms with Crippen molar-refractivity contribution in [3.05, 3.63) is 54.1 Å². The van der Waals surface area contributed by atoms with Gasteiger partial charge < -0.3 is 19.3 Å². The van der Waals surface area contributed by atoms with Crippen molar-refractivity contribution in [3.8, 4) is 11.5 Å². The molecule has 1 amide bonds. The molecule has 0 bridgehead atoms. The number of carbonyl (C=O) groups excluding carboxylic acids is 1. The third-order valence-corrected chi connectivity index (χ3v) is 4.68. The van der Waals surface area contributed by atoms with Crippen LogP contribution in [-0.4, -0.2) is 50.2 Å². The zero-order valence-corrected chi connectivity index (χ0v) is 15.6. The molecule has 3 rings (SSSR count). The standard InChI is InChI=1S/C21H26N2O3/c1-16-5-4-6-20(15-16)26-17(2)21(24)23-13-11-22(12-14-23)18-7-9-19(25-3)10-8-18/h4-10,15,17H,11-14H2,1-3H3/t17-/m1/s1. The van der Waals surface area contributed by atoms with Gasteiger partial charge in [0.05, 0.1) is 7.11 Å². The summed E-state index contributed by atoms with van der Waals surface area (Å²) in [6, 6.07) is 15.8. The van der Waals surface area contributed by atoms with Crippen LogP contribution in [-0.2, 0) is 4.79 Å². The molecule has 0 unspecified atom stereocenters. The van der Waals surface area contributed by atoms with Gasteiger partial charge in [-0.05, 0) is 55.8 Å². The monoisotopic (exact) mass is 354 g/mol. The van der Waals surface area contributed by atoms with Crippen LogP contribution in [0.15, 0.2) is 48.5 Å². The number of benzene rings is 2. The normalized spacial score (nSPS) is 15.5. The van der Waals surface area contributed by atoms with E-state index in [1.807, 2.05) is 55.1 Å². The van der Waals surface area contributed by atoms with Crippen LogP contribution >= 0.6 is 0 Å². The molecule has 1 atom stereocenters. The number of hydrogen-bond acceptors (Lipinski definition) is 4. The van der Waals surface area contributed by atoms with Crippen LogP contribution in [0.25, 0.3) is 0 Å². The van der Waals surface area contributed by atoms with E-state index in [1.54, 1.807) is 7.11 Å². The Balaban J connectivity index is 1.54. The molecule has 5 heteroatoms. The highest BCUT2D eigenvalue weighted by atomic mass is 16.5. The fourth-order valence-corrected chi connectivity index (χ4v) is 3.18. The lowest BCUT2D eigenvalue weighted by molar-refractivity contribution is -0.138. The average molecular weight is 354 g/mol. The van der Waals surface area contributed by atoms with Crippen LogP contribution in [0, 0.1) is 6.92 Å². The first-order valence-corrected chi connectivity index (χ1v) is 8.98. The highest BCUT2D eigenvalue weighted by molar-refractivity contribution is 5.81. The zero-order chi connectivity index (χ0) is 18.5. The van der Waals surface area contributed by atoms with Crippen LogP contribution < -0.4 is 14.4 Å². The van der Waals surface area contributed by atoms with Gasteiger partial charge in [0.2, 0.25) is 0 Å². The summed E-state index contributed by atoms with van der Waals surface area (Å²) < 4.78 is 11.0. The largest absolute Gasteiger partial charge is 0.497 e. The highest BCUT2D eigenvalue weighted by Crippen LogP contribution is 2.21. The summed E-state index contributed by atoms with van der Waals surface area (Å²) in [5.41, 5.74) is 2.28. The minimum absolute atomic E-state index is 0.0425. The molecule has 5 nitrogen and oxygen atoms in total. The summed E-state index contributed by atoms with van der Waals surface area (Å²) in [4.78, 5) is 16.9. The van der Waals surface area contributed by atoms with E-state index < -0.39 is 6.10 Å². The lowest BCUT2D eigenvalue weighted by atomic mass is 10.2. The number of carbonyl (C=O) groups is 1. The van der Waals surface area contributed by atoms with E-state index in [-0.39, 0.29) is 5.91 Å². The van der Waals surface area contributed by atoms with E-state index >= 15 is 0 Å². The number of rotatable bonds is 5. The van der Waals surface area contributed by atoms with E-state index in [2.05, 4.69) is 17.0 Å². The number of piperazine rings is 1. The van der Waals surface area contributed by atoms with Crippen LogP contribution in [0.4, 0.5) is 5.69 Å². The number of amides is 1. The number of methoxy groups -OCH3 is 1. The molecule has 2 aromatic carbocycles. The molecular weight excluding hydrogens is 328 g/mol. The third-order valence-electron chi connectivity index (χ3n) is 4.68. The van der Waals surface area contributed by atoms with Crippen LogP contribution in [0.1, 0.15) is 12.5 Å². The van der Waals surface area contributed by atoms with Crippen LogP contribution in [0.5, 0.6) is 11.5 Å². The van der Waals surface area contributed by atoms with Gasteiger partial charge in [-0.25, -0.2) is 0 Å². The van der Waals surface area contributed by atoms with Gasteiger partial charge in [0.15, 0.2) is 6.10 Å². The number of aryl methyl sites for hydroxylation is 1. The van der Waals surface area contributed by atoms with E-state index in [1.165, 1.54) is 0 Å². The van der Waals surface area contributed by atoms with Crippen molar-refractivity contribution < 1.29 is 14.3 Å². The van der Waals surface area contributed by atoms with Crippen molar-refractivity contribution in [1.82, 2.24) is 4.90 Å². The molecule has 1 aliphatic rings. The Morgan fingerprint density at radius 2 is 1.69 bits per heavy atom. The van der Waals surface area contributed by atoms with Gasteiger partial charge in [-0.15, -0.1) is 0 Å². The highest BCUT2D eigenvalue weighted by Gasteiger charge is 2.26. The Kier molecular flexibility index (Phi) is 5.66. The topological polar surface area (TPSA) is 42.0 Å². The molecule has 0 saturated carbocycles. The Bertz CT molecular complexity index is 737. The minimum atomic E-state index is -0.482. The summed E-state index contributed by atoms with van der Waals surface area (Å²) >= 11 is 0. The van der Waals surface area contributed by atoms with Crippen molar-refractivity contribution in [2.24, 2.45) is 0 Å². The molecule has 26 heavy (non-hydrogen) atoms. The lowest BCUT2D eigenvalue weighted by Gasteiger charge is -2.37. The molecule has 1 fully saturated rings. The van der Waals surface area contributed by atoms with Crippen LogP contribution in [0.3, 0.4) is 0 Å². The molecule has 0 aliphatic carbocycles. The summed E-state index contributed by atoms with van der Waals surface area (Å²) in [5.74, 6) is 1.63. The molecule has 0 spiro atoms. The molecule has 2 aromatic rings. The first kappa shape index (κ1) is 18.1. The van der Waals surface area contributed by atoms with E-state index in [9.17, 15) is 4.79 Å². The molecule has 0 radical (unpaired) electrons. The lowest BCUT2D eigenvalue weighted by Crippen LogP contribution is -2.52. The summed E-state index contributed by atoms with van der Waals surface area (Å²) in [7, 11) is 1.67. The maximum atomic E-state index is 12.7. The summed E-state index contributed by atoms with van der Waals surface area (Å²) in [6.07, 6.45) is -0.482. The molecule has 1 saturated heterocycles. The number of nitrogens with zero attached hydrogens (tertiary/aromatic N) is 2. The molecule has 0 aromatic heterocycles. The third kappa shape index (κ3) is 4.28. The van der Waals surface area contributed by atoms with Gasteiger partial charge in [-0.3, -0.25) is 4.79 Å². The molecule has 138 valence electrons. The molecular formula is C21H26N2O3. The Hall–Kier alpha value is -2.69. The Morgan fingerprint density at radius 3 is 2.31 bits per heavy atom. The Morgan fingerprint density at radius 1 is 1.00 bits per heavy atom.